The lowest BCUT2D eigenvalue weighted by molar-refractivity contribution is 0.102. The number of allylic oxidation sites excluding steroid dienone is 1. The Balaban J connectivity index is 1.65. The quantitative estimate of drug-likeness (QED) is 0.516. The fourth-order valence-electron chi connectivity index (χ4n) is 2.65. The normalized spacial score (nSPS) is 10.9. The fraction of sp³-hybridized carbons (Fsp3) is 0.182. The second kappa shape index (κ2) is 10.1. The number of pyridine rings is 1. The Kier molecular flexibility index (Phi) is 7.05. The molecule has 2 aromatic heterocycles. The monoisotopic (exact) mass is 406 g/mol. The van der Waals surface area contributed by atoms with Gasteiger partial charge < -0.3 is 16.4 Å². The smallest absolute Gasteiger partial charge is 0.275 e. The lowest BCUT2D eigenvalue weighted by Crippen LogP contribution is -2.15. The first-order chi connectivity index (χ1) is 14.6. The number of carbonyl (C=O) groups excluding carboxylic acids is 1. The summed E-state index contributed by atoms with van der Waals surface area (Å²) in [6.07, 6.45) is 10.4. The Morgan fingerprint density at radius 1 is 1.20 bits per heavy atom. The van der Waals surface area contributed by atoms with Crippen molar-refractivity contribution in [1.82, 2.24) is 15.0 Å². The topological polar surface area (TPSA) is 106 Å². The first-order valence-electron chi connectivity index (χ1n) is 9.59. The molecule has 0 atom stereocenters. The van der Waals surface area contributed by atoms with E-state index in [-0.39, 0.29) is 12.2 Å². The Bertz CT molecular complexity index is 1040. The molecule has 0 saturated heterocycles. The standard InChI is InChI=1S/C22H23FN6O/c1-2-3-4-6-17-13-28-20(14-26-17)22(30)29-16-8-9-18(23)15(11-16)12-27-19-7-5-10-25-21(19)24/h4-11,13-14,27H,2-3,12H2,1H3,(H2,24,25)(H,29,30)/b6-4+. The average Bonchev–Trinajstić information content (AvgIpc) is 2.75. The molecule has 2 heterocycles. The van der Waals surface area contributed by atoms with Gasteiger partial charge >= 0.3 is 0 Å². The Labute approximate surface area is 174 Å². The van der Waals surface area contributed by atoms with E-state index < -0.39 is 11.7 Å². The van der Waals surface area contributed by atoms with Crippen molar-refractivity contribution in [2.75, 3.05) is 16.4 Å². The van der Waals surface area contributed by atoms with Gasteiger partial charge in [0.1, 0.15) is 17.3 Å². The van der Waals surface area contributed by atoms with Crippen LogP contribution in [0.2, 0.25) is 0 Å². The summed E-state index contributed by atoms with van der Waals surface area (Å²) in [6, 6.07) is 7.84. The number of nitrogens with one attached hydrogen (secondary N) is 2. The van der Waals surface area contributed by atoms with Gasteiger partial charge in [0, 0.05) is 24.0 Å². The van der Waals surface area contributed by atoms with Crippen LogP contribution in [0.1, 0.15) is 41.5 Å². The van der Waals surface area contributed by atoms with E-state index in [4.69, 9.17) is 5.73 Å². The molecule has 0 radical (unpaired) electrons. The first kappa shape index (κ1) is 20.9. The molecule has 0 aliphatic heterocycles. The number of unbranched alkanes of at least 4 members (excludes halogenated alkanes) is 1. The number of halogens is 1. The van der Waals surface area contributed by atoms with Crippen molar-refractivity contribution in [3.8, 4) is 0 Å². The van der Waals surface area contributed by atoms with Crippen LogP contribution in [-0.2, 0) is 6.54 Å². The first-order valence-corrected chi connectivity index (χ1v) is 9.59. The van der Waals surface area contributed by atoms with Crippen LogP contribution in [0.15, 0.2) is 55.0 Å². The highest BCUT2D eigenvalue weighted by Crippen LogP contribution is 2.19. The second-order valence-electron chi connectivity index (χ2n) is 6.57. The van der Waals surface area contributed by atoms with Gasteiger partial charge in [0.15, 0.2) is 0 Å². The molecule has 3 rings (SSSR count). The van der Waals surface area contributed by atoms with Gasteiger partial charge in [-0.3, -0.25) is 9.78 Å². The number of nitrogens with two attached hydrogens (primary N) is 1. The third-order valence-corrected chi connectivity index (χ3v) is 4.26. The van der Waals surface area contributed by atoms with Crippen molar-refractivity contribution in [2.45, 2.75) is 26.3 Å². The molecule has 0 aliphatic rings. The van der Waals surface area contributed by atoms with E-state index in [2.05, 4.69) is 32.5 Å². The van der Waals surface area contributed by atoms with Crippen LogP contribution in [-0.4, -0.2) is 20.9 Å². The SMILES string of the molecule is CCC/C=C/c1cnc(C(=O)Nc2ccc(F)c(CNc3cccnc3N)c2)cn1. The van der Waals surface area contributed by atoms with E-state index in [0.29, 0.717) is 28.5 Å². The molecule has 0 spiro atoms. The van der Waals surface area contributed by atoms with E-state index in [1.165, 1.54) is 18.3 Å². The third kappa shape index (κ3) is 5.60. The molecular weight excluding hydrogens is 383 g/mol. The summed E-state index contributed by atoms with van der Waals surface area (Å²) in [4.78, 5) is 24.8. The number of rotatable bonds is 8. The lowest BCUT2D eigenvalue weighted by Gasteiger charge is -2.11. The number of anilines is 3. The summed E-state index contributed by atoms with van der Waals surface area (Å²) in [5.41, 5.74) is 8.08. The summed E-state index contributed by atoms with van der Waals surface area (Å²) in [5, 5.41) is 5.76. The Hall–Kier alpha value is -3.81. The molecule has 0 unspecified atom stereocenters. The Morgan fingerprint density at radius 3 is 2.80 bits per heavy atom. The highest BCUT2D eigenvalue weighted by Gasteiger charge is 2.11. The third-order valence-electron chi connectivity index (χ3n) is 4.26. The molecule has 30 heavy (non-hydrogen) atoms. The average molecular weight is 406 g/mol. The minimum atomic E-state index is -0.423. The summed E-state index contributed by atoms with van der Waals surface area (Å²) in [7, 11) is 0. The summed E-state index contributed by atoms with van der Waals surface area (Å²) in [5.74, 6) is -0.492. The molecule has 1 aromatic carbocycles. The van der Waals surface area contributed by atoms with Crippen LogP contribution >= 0.6 is 0 Å². The van der Waals surface area contributed by atoms with Crippen molar-refractivity contribution in [3.05, 3.63) is 77.8 Å². The van der Waals surface area contributed by atoms with E-state index in [1.807, 2.05) is 12.2 Å². The summed E-state index contributed by atoms with van der Waals surface area (Å²) < 4.78 is 14.2. The largest absolute Gasteiger partial charge is 0.382 e. The molecule has 8 heteroatoms. The second-order valence-corrected chi connectivity index (χ2v) is 6.57. The van der Waals surface area contributed by atoms with Crippen molar-refractivity contribution >= 4 is 29.2 Å². The van der Waals surface area contributed by atoms with Gasteiger partial charge in [0.25, 0.3) is 5.91 Å². The Morgan fingerprint density at radius 2 is 2.07 bits per heavy atom. The molecule has 0 bridgehead atoms. The van der Waals surface area contributed by atoms with Gasteiger partial charge in [-0.15, -0.1) is 0 Å². The highest BCUT2D eigenvalue weighted by molar-refractivity contribution is 6.02. The molecule has 0 fully saturated rings. The number of nitrogen functional groups attached to an aromatic ring is 1. The van der Waals surface area contributed by atoms with E-state index in [9.17, 15) is 9.18 Å². The van der Waals surface area contributed by atoms with E-state index in [1.54, 1.807) is 30.6 Å². The predicted molar refractivity (Wildman–Crippen MR) is 116 cm³/mol. The number of nitrogens with zero attached hydrogens (tertiary/aromatic N) is 3. The molecule has 1 amide bonds. The number of benzene rings is 1. The van der Waals surface area contributed by atoms with Gasteiger partial charge in [-0.25, -0.2) is 14.4 Å². The zero-order chi connectivity index (χ0) is 21.3. The number of aromatic nitrogens is 3. The minimum Gasteiger partial charge on any atom is -0.382 e. The number of amides is 1. The van der Waals surface area contributed by atoms with Gasteiger partial charge in [-0.05, 0) is 42.8 Å². The lowest BCUT2D eigenvalue weighted by atomic mass is 10.1. The van der Waals surface area contributed by atoms with Gasteiger partial charge in [-0.2, -0.15) is 0 Å². The van der Waals surface area contributed by atoms with E-state index >= 15 is 0 Å². The van der Waals surface area contributed by atoms with Crippen LogP contribution in [0.3, 0.4) is 0 Å². The molecule has 3 aromatic rings. The zero-order valence-corrected chi connectivity index (χ0v) is 16.6. The summed E-state index contributed by atoms with van der Waals surface area (Å²) >= 11 is 0. The van der Waals surface area contributed by atoms with Gasteiger partial charge in [0.2, 0.25) is 0 Å². The maximum Gasteiger partial charge on any atom is 0.275 e. The number of carbonyl (C=O) groups is 1. The van der Waals surface area contributed by atoms with Crippen molar-refractivity contribution in [3.63, 3.8) is 0 Å². The van der Waals surface area contributed by atoms with Crippen molar-refractivity contribution < 1.29 is 9.18 Å². The minimum absolute atomic E-state index is 0.176. The van der Waals surface area contributed by atoms with E-state index in [0.717, 1.165) is 12.8 Å². The summed E-state index contributed by atoms with van der Waals surface area (Å²) in [6.45, 7) is 2.28. The van der Waals surface area contributed by atoms with Crippen LogP contribution in [0.5, 0.6) is 0 Å². The maximum atomic E-state index is 14.2. The van der Waals surface area contributed by atoms with Gasteiger partial charge in [0.05, 0.1) is 23.8 Å². The number of hydrogen-bond acceptors (Lipinski definition) is 6. The van der Waals surface area contributed by atoms with Crippen LogP contribution in [0.25, 0.3) is 6.08 Å². The molecule has 7 nitrogen and oxygen atoms in total. The van der Waals surface area contributed by atoms with Crippen molar-refractivity contribution in [1.29, 1.82) is 0 Å². The van der Waals surface area contributed by atoms with Crippen LogP contribution in [0, 0.1) is 5.82 Å². The molecule has 154 valence electrons. The zero-order valence-electron chi connectivity index (χ0n) is 16.6. The highest BCUT2D eigenvalue weighted by atomic mass is 19.1. The van der Waals surface area contributed by atoms with Crippen LogP contribution < -0.4 is 16.4 Å². The number of hydrogen-bond donors (Lipinski definition) is 3. The fourth-order valence-corrected chi connectivity index (χ4v) is 2.65. The maximum absolute atomic E-state index is 14.2. The molecular formula is C22H23FN6O. The molecule has 0 aliphatic carbocycles. The molecule has 4 N–H and O–H groups in total. The van der Waals surface area contributed by atoms with Crippen LogP contribution in [0.4, 0.5) is 21.6 Å². The van der Waals surface area contributed by atoms with Gasteiger partial charge in [-0.1, -0.05) is 19.4 Å². The molecule has 0 saturated carbocycles. The predicted octanol–water partition coefficient (Wildman–Crippen LogP) is 4.27. The van der Waals surface area contributed by atoms with Crippen molar-refractivity contribution in [2.24, 2.45) is 0 Å².